The van der Waals surface area contributed by atoms with Crippen LogP contribution in [0, 0.1) is 6.92 Å². The van der Waals surface area contributed by atoms with Gasteiger partial charge in [-0.2, -0.15) is 0 Å². The Hall–Kier alpha value is -2.39. The number of anilines is 1. The van der Waals surface area contributed by atoms with Crippen molar-refractivity contribution >= 4 is 43.5 Å². The number of aryl methyl sites for hydroxylation is 1. The smallest absolute Gasteiger partial charge is 0.338 e. The molecule has 0 aromatic heterocycles. The Morgan fingerprint density at radius 1 is 1.17 bits per heavy atom. The van der Waals surface area contributed by atoms with Crippen molar-refractivity contribution in [3.8, 4) is 0 Å². The van der Waals surface area contributed by atoms with Gasteiger partial charge in [-0.25, -0.2) is 13.2 Å². The normalized spacial score (nSPS) is 13.9. The van der Waals surface area contributed by atoms with Gasteiger partial charge in [0.2, 0.25) is 0 Å². The number of rotatable bonds is 6. The third-order valence-electron chi connectivity index (χ3n) is 4.87. The number of halogens is 1. The van der Waals surface area contributed by atoms with Gasteiger partial charge in [0.25, 0.3) is 15.9 Å². The maximum Gasteiger partial charge on any atom is 0.338 e. The van der Waals surface area contributed by atoms with E-state index in [1.807, 2.05) is 0 Å². The fourth-order valence-electron chi connectivity index (χ4n) is 3.32. The molecular weight excluding hydrogens is 472 g/mol. The molecule has 1 saturated heterocycles. The molecule has 1 amide bonds. The second-order valence-electron chi connectivity index (χ2n) is 6.97. The van der Waals surface area contributed by atoms with Crippen LogP contribution >= 0.6 is 15.9 Å². The first-order valence-corrected chi connectivity index (χ1v) is 11.9. The fraction of sp³-hybridized carbons (Fsp3) is 0.333. The summed E-state index contributed by atoms with van der Waals surface area (Å²) in [5.74, 6) is -0.724. The minimum Gasteiger partial charge on any atom is -0.462 e. The number of likely N-dealkylation sites (tertiary alicyclic amines) is 1. The first kappa shape index (κ1) is 22.3. The van der Waals surface area contributed by atoms with Gasteiger partial charge in [-0.15, -0.1) is 0 Å². The largest absolute Gasteiger partial charge is 0.462 e. The van der Waals surface area contributed by atoms with Crippen LogP contribution in [0.3, 0.4) is 0 Å². The van der Waals surface area contributed by atoms with Crippen LogP contribution in [0.15, 0.2) is 45.8 Å². The number of hydrogen-bond donors (Lipinski definition) is 1. The fourth-order valence-corrected chi connectivity index (χ4v) is 5.55. The first-order valence-electron chi connectivity index (χ1n) is 9.63. The van der Waals surface area contributed by atoms with E-state index in [2.05, 4.69) is 20.7 Å². The monoisotopic (exact) mass is 494 g/mol. The average Bonchev–Trinajstić information content (AvgIpc) is 3.23. The van der Waals surface area contributed by atoms with Crippen molar-refractivity contribution < 1.29 is 22.7 Å². The zero-order valence-corrected chi connectivity index (χ0v) is 19.2. The molecule has 2 aromatic rings. The molecule has 1 fully saturated rings. The van der Waals surface area contributed by atoms with E-state index in [0.29, 0.717) is 24.2 Å². The number of hydrogen-bond acceptors (Lipinski definition) is 5. The molecule has 0 radical (unpaired) electrons. The summed E-state index contributed by atoms with van der Waals surface area (Å²) in [6.07, 6.45) is 1.89. The van der Waals surface area contributed by atoms with Crippen LogP contribution in [-0.2, 0) is 14.8 Å². The zero-order chi connectivity index (χ0) is 21.9. The molecule has 0 atom stereocenters. The summed E-state index contributed by atoms with van der Waals surface area (Å²) in [6, 6.07) is 9.24. The zero-order valence-electron chi connectivity index (χ0n) is 16.8. The van der Waals surface area contributed by atoms with Crippen molar-refractivity contribution in [2.75, 3.05) is 24.4 Å². The number of esters is 1. The van der Waals surface area contributed by atoms with Gasteiger partial charge in [-0.05, 0) is 72.4 Å². The number of para-hydroxylation sites is 1. The number of nitrogens with one attached hydrogen (secondary N) is 1. The molecule has 2 aromatic carbocycles. The van der Waals surface area contributed by atoms with Crippen molar-refractivity contribution in [2.24, 2.45) is 0 Å². The van der Waals surface area contributed by atoms with E-state index in [1.165, 1.54) is 18.2 Å². The Kier molecular flexibility index (Phi) is 6.82. The van der Waals surface area contributed by atoms with E-state index in [9.17, 15) is 18.0 Å². The molecule has 1 heterocycles. The predicted molar refractivity (Wildman–Crippen MR) is 117 cm³/mol. The van der Waals surface area contributed by atoms with Crippen LogP contribution < -0.4 is 4.72 Å². The summed E-state index contributed by atoms with van der Waals surface area (Å²) < 4.78 is 33.9. The number of amides is 1. The Morgan fingerprint density at radius 2 is 1.87 bits per heavy atom. The second kappa shape index (κ2) is 9.18. The lowest BCUT2D eigenvalue weighted by atomic mass is 10.1. The topological polar surface area (TPSA) is 92.8 Å². The lowest BCUT2D eigenvalue weighted by Gasteiger charge is -2.20. The lowest BCUT2D eigenvalue weighted by molar-refractivity contribution is 0.0526. The number of sulfonamides is 1. The van der Waals surface area contributed by atoms with Gasteiger partial charge in [-0.1, -0.05) is 12.1 Å². The molecule has 0 aliphatic carbocycles. The van der Waals surface area contributed by atoms with E-state index in [1.54, 1.807) is 36.9 Å². The average molecular weight is 495 g/mol. The van der Waals surface area contributed by atoms with Crippen molar-refractivity contribution in [3.63, 3.8) is 0 Å². The van der Waals surface area contributed by atoms with Crippen LogP contribution in [-0.4, -0.2) is 44.9 Å². The lowest BCUT2D eigenvalue weighted by Crippen LogP contribution is -2.29. The highest BCUT2D eigenvalue weighted by atomic mass is 79.9. The van der Waals surface area contributed by atoms with Crippen molar-refractivity contribution in [2.45, 2.75) is 31.6 Å². The summed E-state index contributed by atoms with van der Waals surface area (Å²) >= 11 is 3.23. The number of carbonyl (C=O) groups is 2. The number of ether oxygens (including phenoxy) is 1. The summed E-state index contributed by atoms with van der Waals surface area (Å²) in [6.45, 7) is 5.00. The number of benzene rings is 2. The van der Waals surface area contributed by atoms with Crippen LogP contribution in [0.1, 0.15) is 46.0 Å². The van der Waals surface area contributed by atoms with Crippen LogP contribution in [0.25, 0.3) is 0 Å². The van der Waals surface area contributed by atoms with E-state index in [4.69, 9.17) is 4.74 Å². The molecule has 0 unspecified atom stereocenters. The molecule has 9 heteroatoms. The molecular formula is C21H23BrN2O5S. The Balaban J connectivity index is 1.94. The van der Waals surface area contributed by atoms with Gasteiger partial charge in [-0.3, -0.25) is 9.52 Å². The molecule has 7 nitrogen and oxygen atoms in total. The van der Waals surface area contributed by atoms with Gasteiger partial charge in [0.1, 0.15) is 4.90 Å². The molecule has 1 N–H and O–H groups in total. The number of nitrogens with zero attached hydrogens (tertiary/aromatic N) is 1. The van der Waals surface area contributed by atoms with Gasteiger partial charge >= 0.3 is 5.97 Å². The Bertz CT molecular complexity index is 1080. The van der Waals surface area contributed by atoms with E-state index in [-0.39, 0.29) is 33.1 Å². The molecule has 160 valence electrons. The van der Waals surface area contributed by atoms with E-state index in [0.717, 1.165) is 12.8 Å². The molecule has 0 bridgehead atoms. The minimum absolute atomic E-state index is 0.0432. The predicted octanol–water partition coefficient (Wildman–Crippen LogP) is 3.97. The third-order valence-corrected chi connectivity index (χ3v) is 7.19. The van der Waals surface area contributed by atoms with Crippen LogP contribution in [0.2, 0.25) is 0 Å². The van der Waals surface area contributed by atoms with Crippen molar-refractivity contribution in [1.82, 2.24) is 4.90 Å². The highest BCUT2D eigenvalue weighted by Gasteiger charge is 2.26. The summed E-state index contributed by atoms with van der Waals surface area (Å²) in [5, 5.41) is 0. The van der Waals surface area contributed by atoms with Gasteiger partial charge in [0.05, 0.1) is 23.4 Å². The molecule has 3 rings (SSSR count). The standard InChI is InChI=1S/C21H23BrN2O5S/c1-3-29-21(26)15-9-10-18(17(22)13-15)30(27,28)23-19-14(2)7-6-8-16(19)20(25)24-11-4-5-12-24/h6-10,13,23H,3-5,11-12H2,1-2H3. The minimum atomic E-state index is -4.02. The quantitative estimate of drug-likeness (QED) is 0.613. The summed E-state index contributed by atoms with van der Waals surface area (Å²) in [7, 11) is -4.02. The highest BCUT2D eigenvalue weighted by Crippen LogP contribution is 2.30. The Labute approximate surface area is 184 Å². The third kappa shape index (κ3) is 4.67. The van der Waals surface area contributed by atoms with Gasteiger partial charge in [0, 0.05) is 17.6 Å². The molecule has 30 heavy (non-hydrogen) atoms. The Morgan fingerprint density at radius 3 is 2.50 bits per heavy atom. The first-order chi connectivity index (χ1) is 14.2. The molecule has 0 saturated carbocycles. The SMILES string of the molecule is CCOC(=O)c1ccc(S(=O)(=O)Nc2c(C)cccc2C(=O)N2CCCC2)c(Br)c1. The van der Waals surface area contributed by atoms with Crippen LogP contribution in [0.4, 0.5) is 5.69 Å². The summed E-state index contributed by atoms with van der Waals surface area (Å²) in [5.41, 5.74) is 1.46. The number of carbonyl (C=O) groups excluding carboxylic acids is 2. The van der Waals surface area contributed by atoms with E-state index < -0.39 is 16.0 Å². The van der Waals surface area contributed by atoms with Crippen molar-refractivity contribution in [3.05, 3.63) is 57.6 Å². The summed E-state index contributed by atoms with van der Waals surface area (Å²) in [4.78, 5) is 26.5. The van der Waals surface area contributed by atoms with E-state index >= 15 is 0 Å². The highest BCUT2D eigenvalue weighted by molar-refractivity contribution is 9.10. The van der Waals surface area contributed by atoms with Crippen molar-refractivity contribution in [1.29, 1.82) is 0 Å². The van der Waals surface area contributed by atoms with Gasteiger partial charge < -0.3 is 9.64 Å². The van der Waals surface area contributed by atoms with Gasteiger partial charge in [0.15, 0.2) is 0 Å². The molecule has 1 aliphatic heterocycles. The maximum atomic E-state index is 13.1. The molecule has 0 spiro atoms. The second-order valence-corrected chi connectivity index (χ2v) is 9.47. The maximum absolute atomic E-state index is 13.1. The van der Waals surface area contributed by atoms with Crippen LogP contribution in [0.5, 0.6) is 0 Å². The molecule has 1 aliphatic rings.